The number of carbonyl (C=O) groups is 1. The van der Waals surface area contributed by atoms with Crippen molar-refractivity contribution in [3.63, 3.8) is 0 Å². The zero-order valence-electron chi connectivity index (χ0n) is 8.14. The minimum atomic E-state index is -1.41. The molecule has 0 amide bonds. The lowest BCUT2D eigenvalue weighted by atomic mass is 9.98. The van der Waals surface area contributed by atoms with Crippen LogP contribution < -0.4 is 5.73 Å². The molecule has 1 rings (SSSR count). The first kappa shape index (κ1) is 11.6. The van der Waals surface area contributed by atoms with Crippen LogP contribution in [0, 0.1) is 12.7 Å². The number of aliphatic hydroxyl groups is 1. The Hall–Kier alpha value is -1.46. The molecule has 0 radical (unpaired) electrons. The lowest BCUT2D eigenvalue weighted by Crippen LogP contribution is -2.36. The summed E-state index contributed by atoms with van der Waals surface area (Å²) in [6.45, 7) is 1.58. The fourth-order valence-electron chi connectivity index (χ4n) is 1.30. The number of carboxylic acids is 1. The highest BCUT2D eigenvalue weighted by Crippen LogP contribution is 2.20. The summed E-state index contributed by atoms with van der Waals surface area (Å²) in [6, 6.07) is 2.29. The highest BCUT2D eigenvalue weighted by molar-refractivity contribution is 5.74. The summed E-state index contributed by atoms with van der Waals surface area (Å²) in [5.74, 6) is -1.74. The van der Waals surface area contributed by atoms with Gasteiger partial charge in [0.2, 0.25) is 0 Å². The molecule has 4 nitrogen and oxygen atoms in total. The van der Waals surface area contributed by atoms with E-state index in [1.54, 1.807) is 6.92 Å². The summed E-state index contributed by atoms with van der Waals surface area (Å²) in [5, 5.41) is 18.2. The maximum atomic E-state index is 12.7. The molecule has 0 spiro atoms. The van der Waals surface area contributed by atoms with Crippen molar-refractivity contribution in [1.29, 1.82) is 0 Å². The van der Waals surface area contributed by atoms with Crippen molar-refractivity contribution in [3.8, 4) is 0 Å². The number of aliphatic carboxylic acids is 1. The summed E-state index contributed by atoms with van der Waals surface area (Å²) >= 11 is 0. The standard InChI is InChI=1S/C10H12FNO3/c1-5-4-6(11)2-3-7(5)9(13)8(12)10(14)15/h2-4,8-9,13H,12H2,1H3,(H,14,15). The van der Waals surface area contributed by atoms with Crippen molar-refractivity contribution in [1.82, 2.24) is 0 Å². The third-order valence-electron chi connectivity index (χ3n) is 2.18. The molecule has 0 bridgehead atoms. The molecule has 1 aromatic carbocycles. The van der Waals surface area contributed by atoms with Gasteiger partial charge in [0.15, 0.2) is 0 Å². The molecule has 5 heteroatoms. The maximum absolute atomic E-state index is 12.7. The van der Waals surface area contributed by atoms with Gasteiger partial charge in [-0.15, -0.1) is 0 Å². The van der Waals surface area contributed by atoms with Crippen molar-refractivity contribution < 1.29 is 19.4 Å². The minimum absolute atomic E-state index is 0.325. The van der Waals surface area contributed by atoms with E-state index in [4.69, 9.17) is 10.8 Å². The predicted molar refractivity (Wildman–Crippen MR) is 51.7 cm³/mol. The molecule has 0 saturated heterocycles. The Labute approximate surface area is 86.1 Å². The van der Waals surface area contributed by atoms with Crippen LogP contribution in [0.25, 0.3) is 0 Å². The smallest absolute Gasteiger partial charge is 0.323 e. The number of aryl methyl sites for hydroxylation is 1. The van der Waals surface area contributed by atoms with E-state index < -0.39 is 23.9 Å². The van der Waals surface area contributed by atoms with Gasteiger partial charge in [-0.1, -0.05) is 6.07 Å². The van der Waals surface area contributed by atoms with E-state index in [2.05, 4.69) is 0 Å². The third-order valence-corrected chi connectivity index (χ3v) is 2.18. The third kappa shape index (κ3) is 2.51. The molecule has 4 N–H and O–H groups in total. The van der Waals surface area contributed by atoms with E-state index in [-0.39, 0.29) is 0 Å². The first-order chi connectivity index (χ1) is 6.93. The van der Waals surface area contributed by atoms with Crippen molar-refractivity contribution in [3.05, 3.63) is 35.1 Å². The highest BCUT2D eigenvalue weighted by Gasteiger charge is 2.24. The molecule has 0 aliphatic rings. The van der Waals surface area contributed by atoms with Gasteiger partial charge >= 0.3 is 5.97 Å². The van der Waals surface area contributed by atoms with Gasteiger partial charge in [-0.2, -0.15) is 0 Å². The zero-order valence-corrected chi connectivity index (χ0v) is 8.14. The topological polar surface area (TPSA) is 83.5 Å². The number of aliphatic hydroxyl groups excluding tert-OH is 1. The predicted octanol–water partition coefficient (Wildman–Crippen LogP) is 0.579. The molecule has 0 heterocycles. The summed E-state index contributed by atoms with van der Waals surface area (Å²) in [6.07, 6.45) is -1.33. The Morgan fingerprint density at radius 3 is 2.60 bits per heavy atom. The monoisotopic (exact) mass is 213 g/mol. The van der Waals surface area contributed by atoms with Crippen LogP contribution in [0.1, 0.15) is 17.2 Å². The maximum Gasteiger partial charge on any atom is 0.323 e. The Kier molecular flexibility index (Phi) is 3.39. The van der Waals surface area contributed by atoms with Crippen LogP contribution in [0.2, 0.25) is 0 Å². The quantitative estimate of drug-likeness (QED) is 0.685. The van der Waals surface area contributed by atoms with Gasteiger partial charge in [0.1, 0.15) is 18.0 Å². The number of nitrogens with two attached hydrogens (primary N) is 1. The first-order valence-corrected chi connectivity index (χ1v) is 4.36. The normalized spacial score (nSPS) is 14.7. The minimum Gasteiger partial charge on any atom is -0.480 e. The van der Waals surface area contributed by atoms with Crippen LogP contribution in [0.5, 0.6) is 0 Å². The van der Waals surface area contributed by atoms with Gasteiger partial charge in [-0.05, 0) is 30.2 Å². The molecular formula is C10H12FNO3. The highest BCUT2D eigenvalue weighted by atomic mass is 19.1. The Bertz CT molecular complexity index is 381. The number of hydrogen-bond acceptors (Lipinski definition) is 3. The van der Waals surface area contributed by atoms with Crippen LogP contribution in [-0.4, -0.2) is 22.2 Å². The van der Waals surface area contributed by atoms with Crippen LogP contribution in [0.3, 0.4) is 0 Å². The molecule has 0 saturated carbocycles. The Morgan fingerprint density at radius 1 is 1.53 bits per heavy atom. The van der Waals surface area contributed by atoms with Gasteiger partial charge in [-0.3, -0.25) is 4.79 Å². The van der Waals surface area contributed by atoms with E-state index in [0.717, 1.165) is 6.07 Å². The van der Waals surface area contributed by atoms with E-state index in [1.165, 1.54) is 12.1 Å². The Balaban J connectivity index is 3.01. The number of benzene rings is 1. The van der Waals surface area contributed by atoms with Gasteiger partial charge in [0.05, 0.1) is 0 Å². The van der Waals surface area contributed by atoms with Crippen molar-refractivity contribution in [2.75, 3.05) is 0 Å². The molecule has 1 aromatic rings. The van der Waals surface area contributed by atoms with Crippen LogP contribution >= 0.6 is 0 Å². The van der Waals surface area contributed by atoms with E-state index >= 15 is 0 Å². The molecule has 0 fully saturated rings. The molecular weight excluding hydrogens is 201 g/mol. The number of halogens is 1. The number of carboxylic acid groups (broad SMARTS) is 1. The first-order valence-electron chi connectivity index (χ1n) is 4.36. The second kappa shape index (κ2) is 4.37. The molecule has 15 heavy (non-hydrogen) atoms. The molecule has 2 atom stereocenters. The van der Waals surface area contributed by atoms with Crippen molar-refractivity contribution in [2.24, 2.45) is 5.73 Å². The zero-order chi connectivity index (χ0) is 11.6. The van der Waals surface area contributed by atoms with Gasteiger partial charge in [-0.25, -0.2) is 4.39 Å². The summed E-state index contributed by atoms with van der Waals surface area (Å²) < 4.78 is 12.7. The lowest BCUT2D eigenvalue weighted by molar-refractivity contribution is -0.141. The fraction of sp³-hybridized carbons (Fsp3) is 0.300. The fourth-order valence-corrected chi connectivity index (χ4v) is 1.30. The molecule has 0 aromatic heterocycles. The van der Waals surface area contributed by atoms with Gasteiger partial charge < -0.3 is 15.9 Å². The van der Waals surface area contributed by atoms with E-state index in [9.17, 15) is 14.3 Å². The van der Waals surface area contributed by atoms with Gasteiger partial charge in [0, 0.05) is 0 Å². The second-order valence-corrected chi connectivity index (χ2v) is 3.31. The largest absolute Gasteiger partial charge is 0.480 e. The molecule has 0 aliphatic carbocycles. The van der Waals surface area contributed by atoms with Gasteiger partial charge in [0.25, 0.3) is 0 Å². The van der Waals surface area contributed by atoms with E-state index in [1.807, 2.05) is 0 Å². The Morgan fingerprint density at radius 2 is 2.13 bits per heavy atom. The molecule has 82 valence electrons. The second-order valence-electron chi connectivity index (χ2n) is 3.31. The number of rotatable bonds is 3. The lowest BCUT2D eigenvalue weighted by Gasteiger charge is -2.17. The average Bonchev–Trinajstić information content (AvgIpc) is 2.15. The van der Waals surface area contributed by atoms with E-state index in [0.29, 0.717) is 11.1 Å². The average molecular weight is 213 g/mol. The summed E-state index contributed by atoms with van der Waals surface area (Å²) in [5.41, 5.74) is 6.05. The van der Waals surface area contributed by atoms with Crippen molar-refractivity contribution >= 4 is 5.97 Å². The SMILES string of the molecule is Cc1cc(F)ccc1C(O)C(N)C(=O)O. The molecule has 2 unspecified atom stereocenters. The van der Waals surface area contributed by atoms with Crippen LogP contribution in [0.15, 0.2) is 18.2 Å². The summed E-state index contributed by atoms with van der Waals surface area (Å²) in [4.78, 5) is 10.5. The van der Waals surface area contributed by atoms with Crippen molar-refractivity contribution in [2.45, 2.75) is 19.1 Å². The van der Waals surface area contributed by atoms with Crippen LogP contribution in [0.4, 0.5) is 4.39 Å². The summed E-state index contributed by atoms with van der Waals surface area (Å²) in [7, 11) is 0. The van der Waals surface area contributed by atoms with Crippen LogP contribution in [-0.2, 0) is 4.79 Å². The number of hydrogen-bond donors (Lipinski definition) is 3. The molecule has 0 aliphatic heterocycles.